The summed E-state index contributed by atoms with van der Waals surface area (Å²) in [5.41, 5.74) is 0. The molecule has 4 aliphatic heterocycles. The van der Waals surface area contributed by atoms with Crippen LogP contribution in [0.4, 0.5) is 0 Å². The van der Waals surface area contributed by atoms with Gasteiger partial charge in [0.15, 0.2) is 19.7 Å². The van der Waals surface area contributed by atoms with E-state index in [1.165, 1.54) is 4.90 Å². The van der Waals surface area contributed by atoms with E-state index in [2.05, 4.69) is 10.6 Å². The van der Waals surface area contributed by atoms with Crippen molar-refractivity contribution in [1.82, 2.24) is 20.4 Å². The first-order valence-corrected chi connectivity index (χ1v) is 13.4. The third kappa shape index (κ3) is 5.16. The summed E-state index contributed by atoms with van der Waals surface area (Å²) in [6.07, 6.45) is 0. The van der Waals surface area contributed by atoms with Gasteiger partial charge in [-0.25, -0.2) is 16.8 Å². The lowest BCUT2D eigenvalue weighted by atomic mass is 10.1. The molecule has 4 aliphatic rings. The van der Waals surface area contributed by atoms with E-state index in [9.17, 15) is 31.2 Å². The molecule has 31 heavy (non-hydrogen) atoms. The standard InChI is InChI=1S/C8H12N2O5S.C8H14N2O4S/c11-3-5-8(13)10-1-2-16(14,15)4-6(10)7(12)9-5;11-4-7-8(12)10-1-2-15(13,14)5-6(10)3-9-7/h5-6,11H,1-4H2,(H,9,12);6-7,9,11H,1-5H2/t5-,6?;6?,7-/m11/s1. The van der Waals surface area contributed by atoms with Crippen LogP contribution in [0.2, 0.25) is 0 Å². The molecule has 15 heteroatoms. The number of rotatable bonds is 2. The molecule has 4 heterocycles. The van der Waals surface area contributed by atoms with Crippen LogP contribution in [0.1, 0.15) is 0 Å². The highest BCUT2D eigenvalue weighted by atomic mass is 32.2. The number of nitrogens with one attached hydrogen (secondary N) is 2. The van der Waals surface area contributed by atoms with Gasteiger partial charge < -0.3 is 30.6 Å². The van der Waals surface area contributed by atoms with Crippen molar-refractivity contribution in [2.75, 3.05) is 55.9 Å². The lowest BCUT2D eigenvalue weighted by Gasteiger charge is -2.41. The molecule has 3 amide bonds. The van der Waals surface area contributed by atoms with E-state index in [4.69, 9.17) is 10.2 Å². The first-order valence-electron chi connectivity index (χ1n) is 9.75. The summed E-state index contributed by atoms with van der Waals surface area (Å²) in [4.78, 5) is 37.8. The zero-order valence-corrected chi connectivity index (χ0v) is 18.3. The van der Waals surface area contributed by atoms with Crippen LogP contribution in [0.25, 0.3) is 0 Å². The number of sulfone groups is 2. The molecule has 4 N–H and O–H groups in total. The Hall–Kier alpha value is -1.81. The SMILES string of the molecule is O=C1N[C@H](CO)C(=O)N2CCS(=O)(=O)CC12.O=C1[C@@H](CO)NCC2CS(=O)(=O)CCN12. The van der Waals surface area contributed by atoms with Gasteiger partial charge in [-0.2, -0.15) is 0 Å². The largest absolute Gasteiger partial charge is 0.394 e. The molecule has 13 nitrogen and oxygen atoms in total. The molecular weight excluding hydrogens is 456 g/mol. The van der Waals surface area contributed by atoms with Crippen molar-refractivity contribution in [3.8, 4) is 0 Å². The smallest absolute Gasteiger partial charge is 0.248 e. The second kappa shape index (κ2) is 8.97. The average molecular weight is 483 g/mol. The monoisotopic (exact) mass is 482 g/mol. The lowest BCUT2D eigenvalue weighted by Crippen LogP contribution is -2.68. The average Bonchev–Trinajstić information content (AvgIpc) is 2.70. The van der Waals surface area contributed by atoms with E-state index in [-0.39, 0.29) is 54.7 Å². The van der Waals surface area contributed by atoms with Crippen molar-refractivity contribution < 1.29 is 41.4 Å². The minimum atomic E-state index is -3.25. The van der Waals surface area contributed by atoms with E-state index in [0.717, 1.165) is 0 Å². The van der Waals surface area contributed by atoms with Crippen LogP contribution in [0.15, 0.2) is 0 Å². The number of aliphatic hydroxyl groups excluding tert-OH is 2. The molecule has 0 aliphatic carbocycles. The summed E-state index contributed by atoms with van der Waals surface area (Å²) >= 11 is 0. The molecule has 0 bridgehead atoms. The predicted octanol–water partition coefficient (Wildman–Crippen LogP) is -5.32. The summed E-state index contributed by atoms with van der Waals surface area (Å²) in [6, 6.07) is -2.71. The molecule has 4 fully saturated rings. The summed E-state index contributed by atoms with van der Waals surface area (Å²) in [7, 11) is -6.25. The van der Waals surface area contributed by atoms with Crippen LogP contribution < -0.4 is 10.6 Å². The number of piperazine rings is 2. The minimum Gasteiger partial charge on any atom is -0.394 e. The zero-order valence-electron chi connectivity index (χ0n) is 16.6. The molecule has 4 rings (SSSR count). The summed E-state index contributed by atoms with van der Waals surface area (Å²) in [6.45, 7) is 0.00527. The maximum atomic E-state index is 11.7. The first kappa shape index (κ1) is 23.8. The van der Waals surface area contributed by atoms with Gasteiger partial charge in [-0.05, 0) is 0 Å². The number of nitrogens with zero attached hydrogens (tertiary/aromatic N) is 2. The van der Waals surface area contributed by atoms with Gasteiger partial charge in [0.25, 0.3) is 0 Å². The van der Waals surface area contributed by atoms with Crippen LogP contribution in [0, 0.1) is 0 Å². The molecule has 176 valence electrons. The fraction of sp³-hybridized carbons (Fsp3) is 0.812. The molecule has 0 spiro atoms. The Morgan fingerprint density at radius 3 is 2.00 bits per heavy atom. The number of fused-ring (bicyclic) bond motifs is 2. The Bertz CT molecular complexity index is 952. The summed E-state index contributed by atoms with van der Waals surface area (Å²) in [5, 5.41) is 23.0. The Kier molecular flexibility index (Phi) is 6.90. The van der Waals surface area contributed by atoms with E-state index < -0.39 is 56.2 Å². The Balaban J connectivity index is 0.000000176. The van der Waals surface area contributed by atoms with Crippen LogP contribution in [0.5, 0.6) is 0 Å². The van der Waals surface area contributed by atoms with Crippen molar-refractivity contribution in [1.29, 1.82) is 0 Å². The molecule has 0 aromatic heterocycles. The fourth-order valence-corrected chi connectivity index (χ4v) is 6.98. The van der Waals surface area contributed by atoms with E-state index in [0.29, 0.717) is 6.54 Å². The maximum absolute atomic E-state index is 11.7. The van der Waals surface area contributed by atoms with E-state index in [1.54, 1.807) is 4.90 Å². The quantitative estimate of drug-likeness (QED) is 0.296. The molecule has 0 radical (unpaired) electrons. The molecule has 0 saturated carbocycles. The van der Waals surface area contributed by atoms with Gasteiger partial charge in [0.2, 0.25) is 17.7 Å². The molecule has 0 aromatic carbocycles. The van der Waals surface area contributed by atoms with Crippen molar-refractivity contribution in [2.45, 2.75) is 24.2 Å². The highest BCUT2D eigenvalue weighted by molar-refractivity contribution is 7.91. The summed E-state index contributed by atoms with van der Waals surface area (Å²) in [5.74, 6) is -1.51. The highest BCUT2D eigenvalue weighted by Crippen LogP contribution is 2.18. The van der Waals surface area contributed by atoms with Crippen LogP contribution in [-0.4, -0.2) is 135 Å². The molecule has 0 aromatic rings. The van der Waals surface area contributed by atoms with E-state index in [1.807, 2.05) is 0 Å². The Morgan fingerprint density at radius 2 is 1.39 bits per heavy atom. The first-order chi connectivity index (χ1) is 14.5. The van der Waals surface area contributed by atoms with Crippen molar-refractivity contribution >= 4 is 37.4 Å². The van der Waals surface area contributed by atoms with Crippen molar-refractivity contribution in [3.63, 3.8) is 0 Å². The number of carbonyl (C=O) groups is 3. The second-order valence-corrected chi connectivity index (χ2v) is 12.3. The third-order valence-electron chi connectivity index (χ3n) is 5.71. The van der Waals surface area contributed by atoms with Crippen LogP contribution in [0.3, 0.4) is 0 Å². The van der Waals surface area contributed by atoms with Gasteiger partial charge in [-0.1, -0.05) is 0 Å². The lowest BCUT2D eigenvalue weighted by molar-refractivity contribution is -0.149. The zero-order chi connectivity index (χ0) is 23.0. The maximum Gasteiger partial charge on any atom is 0.248 e. The van der Waals surface area contributed by atoms with Gasteiger partial charge in [0.1, 0.15) is 18.1 Å². The van der Waals surface area contributed by atoms with Gasteiger partial charge in [-0.3, -0.25) is 14.4 Å². The van der Waals surface area contributed by atoms with Crippen LogP contribution in [-0.2, 0) is 34.1 Å². The van der Waals surface area contributed by atoms with Gasteiger partial charge in [-0.15, -0.1) is 0 Å². The Labute approximate surface area is 179 Å². The Morgan fingerprint density at radius 1 is 0.839 bits per heavy atom. The molecule has 4 atom stereocenters. The topological polar surface area (TPSA) is 190 Å². The molecule has 2 unspecified atom stereocenters. The van der Waals surface area contributed by atoms with Gasteiger partial charge in [0.05, 0.1) is 42.3 Å². The minimum absolute atomic E-state index is 0.0236. The number of amides is 3. The highest BCUT2D eigenvalue weighted by Gasteiger charge is 2.45. The number of aliphatic hydroxyl groups is 2. The van der Waals surface area contributed by atoms with E-state index >= 15 is 0 Å². The number of hydrogen-bond acceptors (Lipinski definition) is 10. The predicted molar refractivity (Wildman–Crippen MR) is 106 cm³/mol. The number of carbonyl (C=O) groups excluding carboxylic acids is 3. The summed E-state index contributed by atoms with van der Waals surface area (Å²) < 4.78 is 45.4. The normalized spacial score (nSPS) is 34.1. The second-order valence-electron chi connectivity index (χ2n) is 7.85. The van der Waals surface area contributed by atoms with Crippen molar-refractivity contribution in [3.05, 3.63) is 0 Å². The molecular formula is C16H26N4O9S2. The van der Waals surface area contributed by atoms with Crippen LogP contribution >= 0.6 is 0 Å². The third-order valence-corrected chi connectivity index (χ3v) is 9.03. The van der Waals surface area contributed by atoms with Gasteiger partial charge in [0, 0.05) is 19.6 Å². The molecule has 4 saturated heterocycles. The fourth-order valence-electron chi connectivity index (χ4n) is 4.00. The number of hydrogen-bond donors (Lipinski definition) is 4. The van der Waals surface area contributed by atoms with Gasteiger partial charge >= 0.3 is 0 Å². The van der Waals surface area contributed by atoms with Crippen molar-refractivity contribution in [2.24, 2.45) is 0 Å².